The van der Waals surface area contributed by atoms with Gasteiger partial charge in [0, 0.05) is 50.6 Å². The van der Waals surface area contributed by atoms with Gasteiger partial charge in [0.25, 0.3) is 0 Å². The van der Waals surface area contributed by atoms with E-state index in [2.05, 4.69) is 15.0 Å². The SMILES string of the molecule is COCCn1cncc1COc1cc(F)cc(Oc2ccc(-c3nn(C4CCOCC4)c4ncnc(N)c34)cc2)c1. The second-order valence-corrected chi connectivity index (χ2v) is 9.70. The fraction of sp³-hybridized carbons (Fsp3) is 0.310. The molecule has 12 heteroatoms. The first kappa shape index (κ1) is 26.7. The number of methoxy groups -OCH3 is 1. The third kappa shape index (κ3) is 5.83. The van der Waals surface area contributed by atoms with Crippen molar-refractivity contribution in [1.29, 1.82) is 0 Å². The largest absolute Gasteiger partial charge is 0.487 e. The van der Waals surface area contributed by atoms with Gasteiger partial charge in [0.2, 0.25) is 0 Å². The van der Waals surface area contributed by atoms with Crippen LogP contribution in [0.2, 0.25) is 0 Å². The van der Waals surface area contributed by atoms with Gasteiger partial charge < -0.3 is 29.2 Å². The molecule has 1 aliphatic heterocycles. The number of fused-ring (bicyclic) bond motifs is 1. The summed E-state index contributed by atoms with van der Waals surface area (Å²) in [6.45, 7) is 2.78. The Morgan fingerprint density at radius 3 is 2.66 bits per heavy atom. The summed E-state index contributed by atoms with van der Waals surface area (Å²) in [7, 11) is 1.64. The number of nitrogens with zero attached hydrogens (tertiary/aromatic N) is 6. The van der Waals surface area contributed by atoms with Gasteiger partial charge >= 0.3 is 0 Å². The predicted octanol–water partition coefficient (Wildman–Crippen LogP) is 4.78. The Morgan fingerprint density at radius 1 is 1.05 bits per heavy atom. The van der Waals surface area contributed by atoms with Crippen molar-refractivity contribution in [3.63, 3.8) is 0 Å². The molecule has 0 amide bonds. The zero-order chi connectivity index (χ0) is 28.2. The van der Waals surface area contributed by atoms with Crippen molar-refractivity contribution in [3.05, 3.63) is 72.8 Å². The van der Waals surface area contributed by atoms with E-state index in [-0.39, 0.29) is 12.6 Å². The van der Waals surface area contributed by atoms with Crippen LogP contribution in [0.5, 0.6) is 17.2 Å². The first-order valence-electron chi connectivity index (χ1n) is 13.3. The molecule has 2 aromatic carbocycles. The number of ether oxygens (including phenoxy) is 4. The number of rotatable bonds is 10. The molecule has 1 saturated heterocycles. The van der Waals surface area contributed by atoms with E-state index < -0.39 is 5.82 Å². The number of hydrogen-bond acceptors (Lipinski definition) is 9. The van der Waals surface area contributed by atoms with Gasteiger partial charge in [0.05, 0.1) is 36.3 Å². The van der Waals surface area contributed by atoms with Crippen LogP contribution in [0.1, 0.15) is 24.6 Å². The molecule has 1 aliphatic rings. The summed E-state index contributed by atoms with van der Waals surface area (Å²) in [6.07, 6.45) is 6.58. The Kier molecular flexibility index (Phi) is 7.74. The molecule has 0 atom stereocenters. The van der Waals surface area contributed by atoms with E-state index in [1.54, 1.807) is 37.8 Å². The normalized spacial score (nSPS) is 14.0. The lowest BCUT2D eigenvalue weighted by molar-refractivity contribution is 0.0674. The number of anilines is 1. The average Bonchev–Trinajstić information content (AvgIpc) is 3.61. The van der Waals surface area contributed by atoms with Gasteiger partial charge in [-0.2, -0.15) is 5.10 Å². The highest BCUT2D eigenvalue weighted by Crippen LogP contribution is 2.35. The molecule has 0 aliphatic carbocycles. The van der Waals surface area contributed by atoms with Crippen molar-refractivity contribution in [1.82, 2.24) is 29.3 Å². The number of benzene rings is 2. The summed E-state index contributed by atoms with van der Waals surface area (Å²) in [6, 6.07) is 11.8. The Bertz CT molecular complexity index is 1630. The molecule has 0 saturated carbocycles. The summed E-state index contributed by atoms with van der Waals surface area (Å²) >= 11 is 0. The van der Waals surface area contributed by atoms with Crippen LogP contribution in [-0.2, 0) is 22.6 Å². The standard InChI is InChI=1S/C29H30FN7O4/c1-38-11-8-36-18-32-15-22(36)16-40-24-12-20(30)13-25(14-24)41-23-4-2-19(3-5-23)27-26-28(31)33-17-34-29(26)37(35-27)21-6-9-39-10-7-21/h2-5,12-15,17-18,21H,6-11,16H2,1H3,(H2,31,33,34). The highest BCUT2D eigenvalue weighted by Gasteiger charge is 2.24. The van der Waals surface area contributed by atoms with E-state index in [0.717, 1.165) is 24.1 Å². The van der Waals surface area contributed by atoms with Gasteiger partial charge in [-0.1, -0.05) is 0 Å². The molecule has 0 radical (unpaired) electrons. The number of imidazole rings is 1. The number of nitrogens with two attached hydrogens (primary N) is 1. The number of aromatic nitrogens is 6. The summed E-state index contributed by atoms with van der Waals surface area (Å²) in [4.78, 5) is 12.8. The fourth-order valence-corrected chi connectivity index (χ4v) is 4.89. The maximum atomic E-state index is 14.4. The van der Waals surface area contributed by atoms with Crippen molar-refractivity contribution < 1.29 is 23.3 Å². The van der Waals surface area contributed by atoms with Gasteiger partial charge in [0.15, 0.2) is 5.65 Å². The molecule has 1 fully saturated rings. The summed E-state index contributed by atoms with van der Waals surface area (Å²) in [5, 5.41) is 5.61. The van der Waals surface area contributed by atoms with Crippen LogP contribution in [0.25, 0.3) is 22.3 Å². The molecule has 4 heterocycles. The van der Waals surface area contributed by atoms with Crippen LogP contribution in [0, 0.1) is 5.82 Å². The smallest absolute Gasteiger partial charge is 0.164 e. The molecule has 0 unspecified atom stereocenters. The molecule has 11 nitrogen and oxygen atoms in total. The maximum Gasteiger partial charge on any atom is 0.164 e. The molecule has 0 spiro atoms. The minimum absolute atomic E-state index is 0.173. The molecule has 5 aromatic rings. The molecule has 41 heavy (non-hydrogen) atoms. The lowest BCUT2D eigenvalue weighted by atomic mass is 10.1. The van der Waals surface area contributed by atoms with Crippen LogP contribution in [0.3, 0.4) is 0 Å². The van der Waals surface area contributed by atoms with Crippen LogP contribution in [0.15, 0.2) is 61.3 Å². The van der Waals surface area contributed by atoms with Gasteiger partial charge in [-0.15, -0.1) is 0 Å². The fourth-order valence-electron chi connectivity index (χ4n) is 4.89. The van der Waals surface area contributed by atoms with Gasteiger partial charge in [-0.3, -0.25) is 0 Å². The lowest BCUT2D eigenvalue weighted by Crippen LogP contribution is -2.20. The van der Waals surface area contributed by atoms with Gasteiger partial charge in [-0.05, 0) is 37.1 Å². The van der Waals surface area contributed by atoms with Crippen molar-refractivity contribution in [2.75, 3.05) is 32.7 Å². The summed E-state index contributed by atoms with van der Waals surface area (Å²) in [5.74, 6) is 1.09. The monoisotopic (exact) mass is 559 g/mol. The average molecular weight is 560 g/mol. The molecule has 2 N–H and O–H groups in total. The van der Waals surface area contributed by atoms with Crippen LogP contribution >= 0.6 is 0 Å². The van der Waals surface area contributed by atoms with Crippen LogP contribution in [0.4, 0.5) is 10.2 Å². The highest BCUT2D eigenvalue weighted by atomic mass is 19.1. The summed E-state index contributed by atoms with van der Waals surface area (Å²) < 4.78 is 40.8. The van der Waals surface area contributed by atoms with E-state index in [1.165, 1.54) is 18.5 Å². The van der Waals surface area contributed by atoms with Gasteiger partial charge in [0.1, 0.15) is 47.5 Å². The Morgan fingerprint density at radius 2 is 1.85 bits per heavy atom. The lowest BCUT2D eigenvalue weighted by Gasteiger charge is -2.22. The van der Waals surface area contributed by atoms with Crippen molar-refractivity contribution in [2.45, 2.75) is 32.0 Å². The zero-order valence-corrected chi connectivity index (χ0v) is 22.6. The first-order chi connectivity index (χ1) is 20.1. The molecule has 212 valence electrons. The highest BCUT2D eigenvalue weighted by molar-refractivity contribution is 5.98. The number of halogens is 1. The van der Waals surface area contributed by atoms with E-state index in [9.17, 15) is 4.39 Å². The second kappa shape index (κ2) is 11.9. The maximum absolute atomic E-state index is 14.4. The van der Waals surface area contributed by atoms with E-state index in [1.807, 2.05) is 21.4 Å². The molecule has 0 bridgehead atoms. The minimum Gasteiger partial charge on any atom is -0.487 e. The summed E-state index contributed by atoms with van der Waals surface area (Å²) in [5.41, 5.74) is 9.36. The molecular formula is C29H30FN7O4. The Labute approximate surface area is 235 Å². The molecule has 6 rings (SSSR count). The Hall–Kier alpha value is -4.55. The third-order valence-electron chi connectivity index (χ3n) is 6.98. The van der Waals surface area contributed by atoms with E-state index in [4.69, 9.17) is 29.8 Å². The topological polar surface area (TPSA) is 124 Å². The van der Waals surface area contributed by atoms with E-state index in [0.29, 0.717) is 66.2 Å². The molecule has 3 aromatic heterocycles. The van der Waals surface area contributed by atoms with Crippen molar-refractivity contribution in [2.24, 2.45) is 0 Å². The zero-order valence-electron chi connectivity index (χ0n) is 22.6. The predicted molar refractivity (Wildman–Crippen MR) is 149 cm³/mol. The van der Waals surface area contributed by atoms with Crippen LogP contribution in [-0.4, -0.2) is 56.2 Å². The number of hydrogen-bond donors (Lipinski definition) is 1. The number of nitrogen functional groups attached to an aromatic ring is 1. The Balaban J connectivity index is 1.20. The molecular weight excluding hydrogens is 529 g/mol. The van der Waals surface area contributed by atoms with Crippen LogP contribution < -0.4 is 15.2 Å². The van der Waals surface area contributed by atoms with Crippen molar-refractivity contribution in [3.8, 4) is 28.5 Å². The quantitative estimate of drug-likeness (QED) is 0.257. The van der Waals surface area contributed by atoms with Crippen molar-refractivity contribution >= 4 is 16.9 Å². The second-order valence-electron chi connectivity index (χ2n) is 9.70. The first-order valence-corrected chi connectivity index (χ1v) is 13.3. The third-order valence-corrected chi connectivity index (χ3v) is 6.98. The van der Waals surface area contributed by atoms with E-state index >= 15 is 0 Å². The van der Waals surface area contributed by atoms with Gasteiger partial charge in [-0.25, -0.2) is 24.0 Å². The minimum atomic E-state index is -0.470.